The molecule has 0 saturated carbocycles. The second-order valence-electron chi connectivity index (χ2n) is 4.71. The number of ether oxygens (including phenoxy) is 1. The molecule has 0 fully saturated rings. The highest BCUT2D eigenvalue weighted by atomic mass is 35.5. The molecule has 25 heavy (non-hydrogen) atoms. The van der Waals surface area contributed by atoms with Crippen LogP contribution < -0.4 is 10.2 Å². The number of thiophene rings is 1. The highest BCUT2D eigenvalue weighted by molar-refractivity contribution is 7.80. The predicted octanol–water partition coefficient (Wildman–Crippen LogP) is 2.85. The Hall–Kier alpha value is -1.49. The van der Waals surface area contributed by atoms with E-state index in [1.54, 1.807) is 12.3 Å². The number of esters is 1. The minimum absolute atomic E-state index is 0.248. The van der Waals surface area contributed by atoms with E-state index in [1.807, 2.05) is 6.92 Å². The molecular formula is C14H17ClN4O3S3. The van der Waals surface area contributed by atoms with Crippen LogP contribution in [0.2, 0.25) is 5.02 Å². The summed E-state index contributed by atoms with van der Waals surface area (Å²) in [5, 5.41) is 9.80. The number of carbonyl (C=O) groups is 1. The summed E-state index contributed by atoms with van der Waals surface area (Å²) in [4.78, 5) is 17.6. The fourth-order valence-corrected chi connectivity index (χ4v) is 3.82. The third-order valence-electron chi connectivity index (χ3n) is 3.22. The number of hydrogen-bond acceptors (Lipinski definition) is 7. The van der Waals surface area contributed by atoms with Crippen molar-refractivity contribution in [2.75, 3.05) is 13.7 Å². The molecule has 0 aliphatic heterocycles. The fraction of sp³-hybridized carbons (Fsp3) is 0.429. The maximum atomic E-state index is 12.0. The second kappa shape index (κ2) is 8.75. The van der Waals surface area contributed by atoms with Gasteiger partial charge in [0.25, 0.3) is 0 Å². The van der Waals surface area contributed by atoms with Crippen LogP contribution in [0.1, 0.15) is 34.9 Å². The van der Waals surface area contributed by atoms with Gasteiger partial charge in [-0.25, -0.2) is 4.79 Å². The van der Waals surface area contributed by atoms with E-state index < -0.39 is 5.97 Å². The third-order valence-corrected chi connectivity index (χ3v) is 5.34. The molecule has 1 N–H and O–H groups in total. The highest BCUT2D eigenvalue weighted by Gasteiger charge is 2.19. The summed E-state index contributed by atoms with van der Waals surface area (Å²) in [6.45, 7) is 4.23. The van der Waals surface area contributed by atoms with Crippen LogP contribution in [-0.4, -0.2) is 39.3 Å². The lowest BCUT2D eigenvalue weighted by Gasteiger charge is -2.09. The van der Waals surface area contributed by atoms with Crippen LogP contribution in [-0.2, 0) is 17.7 Å². The van der Waals surface area contributed by atoms with Gasteiger partial charge in [0.1, 0.15) is 12.0 Å². The molecule has 0 atom stereocenters. The van der Waals surface area contributed by atoms with Crippen LogP contribution in [0.25, 0.3) is 0 Å². The van der Waals surface area contributed by atoms with Gasteiger partial charge in [0.2, 0.25) is 4.77 Å². The Labute approximate surface area is 164 Å². The largest absolute Gasteiger partial charge is 0.462 e. The number of rotatable bonds is 6. The minimum atomic E-state index is -0.407. The molecule has 2 rings (SSSR count). The number of thiocarbonyl (C=S) groups is 1. The van der Waals surface area contributed by atoms with Crippen molar-refractivity contribution in [3.8, 4) is 0 Å². The molecule has 0 amide bonds. The minimum Gasteiger partial charge on any atom is -0.462 e. The van der Waals surface area contributed by atoms with E-state index in [1.165, 1.54) is 27.9 Å². The lowest BCUT2D eigenvalue weighted by atomic mass is 10.2. The average Bonchev–Trinajstić information content (AvgIpc) is 3.12. The van der Waals surface area contributed by atoms with Gasteiger partial charge in [-0.2, -0.15) is 4.68 Å². The highest BCUT2D eigenvalue weighted by Crippen LogP contribution is 2.27. The molecule has 0 bridgehead atoms. The van der Waals surface area contributed by atoms with Gasteiger partial charge in [-0.15, -0.1) is 21.2 Å². The van der Waals surface area contributed by atoms with E-state index in [0.29, 0.717) is 39.1 Å². The van der Waals surface area contributed by atoms with Gasteiger partial charge in [-0.05, 0) is 31.4 Å². The maximum absolute atomic E-state index is 12.0. The molecule has 2 heterocycles. The quantitative estimate of drug-likeness (QED) is 0.569. The van der Waals surface area contributed by atoms with E-state index >= 15 is 0 Å². The van der Waals surface area contributed by atoms with Crippen molar-refractivity contribution in [3.63, 3.8) is 0 Å². The Morgan fingerprint density at radius 2 is 2.20 bits per heavy atom. The molecular weight excluding hydrogens is 404 g/mol. The molecule has 2 aromatic heterocycles. The van der Waals surface area contributed by atoms with E-state index in [9.17, 15) is 4.79 Å². The molecule has 0 aliphatic carbocycles. The summed E-state index contributed by atoms with van der Waals surface area (Å²) in [7, 11) is 1.51. The van der Waals surface area contributed by atoms with Crippen LogP contribution in [0.3, 0.4) is 0 Å². The first-order valence-electron chi connectivity index (χ1n) is 7.41. The summed E-state index contributed by atoms with van der Waals surface area (Å²) < 4.78 is 8.19. The maximum Gasteiger partial charge on any atom is 0.348 e. The smallest absolute Gasteiger partial charge is 0.348 e. The topological polar surface area (TPSA) is 70.3 Å². The standard InChI is InChI=1S/C14H17ClN4O3S3/c1-4-10-17-18(14(24)19(10)21-3)13(23)16-6-8-9(15)7-25-11(8)12(20)22-5-2/h7H,4-6H2,1-3H3,(H,16,23). The SMILES string of the molecule is CCOC(=O)c1scc(Cl)c1CNC(=S)n1nc(CC)n(OC)c1=S. The summed E-state index contributed by atoms with van der Waals surface area (Å²) in [5.74, 6) is 0.244. The van der Waals surface area contributed by atoms with Crippen LogP contribution in [0.4, 0.5) is 0 Å². The van der Waals surface area contributed by atoms with Crippen molar-refractivity contribution >= 4 is 58.5 Å². The summed E-state index contributed by atoms with van der Waals surface area (Å²) in [6.07, 6.45) is 0.635. The number of hydrogen-bond donors (Lipinski definition) is 1. The molecule has 0 aliphatic rings. The monoisotopic (exact) mass is 420 g/mol. The zero-order chi connectivity index (χ0) is 18.6. The lowest BCUT2D eigenvalue weighted by molar-refractivity contribution is 0.0531. The first kappa shape index (κ1) is 19.8. The van der Waals surface area contributed by atoms with Crippen molar-refractivity contribution in [2.45, 2.75) is 26.8 Å². The molecule has 0 spiro atoms. The van der Waals surface area contributed by atoms with Gasteiger partial charge < -0.3 is 14.9 Å². The van der Waals surface area contributed by atoms with Crippen LogP contribution >= 0.6 is 47.4 Å². The van der Waals surface area contributed by atoms with Crippen molar-refractivity contribution in [3.05, 3.63) is 31.4 Å². The first-order chi connectivity index (χ1) is 11.9. The molecule has 0 saturated heterocycles. The van der Waals surface area contributed by atoms with Gasteiger partial charge in [-0.1, -0.05) is 18.5 Å². The average molecular weight is 421 g/mol. The molecule has 0 unspecified atom stereocenters. The summed E-state index contributed by atoms with van der Waals surface area (Å²) >= 11 is 18.1. The van der Waals surface area contributed by atoms with Gasteiger partial charge in [0.05, 0.1) is 11.6 Å². The van der Waals surface area contributed by atoms with E-state index in [0.717, 1.165) is 0 Å². The fourth-order valence-electron chi connectivity index (χ4n) is 2.06. The Morgan fingerprint density at radius 1 is 1.48 bits per heavy atom. The van der Waals surface area contributed by atoms with Crippen molar-refractivity contribution < 1.29 is 14.4 Å². The zero-order valence-electron chi connectivity index (χ0n) is 13.9. The molecule has 11 heteroatoms. The second-order valence-corrected chi connectivity index (χ2v) is 6.75. The summed E-state index contributed by atoms with van der Waals surface area (Å²) in [5.41, 5.74) is 0.626. The first-order valence-corrected chi connectivity index (χ1v) is 9.48. The van der Waals surface area contributed by atoms with Gasteiger partial charge in [0, 0.05) is 23.9 Å². The molecule has 136 valence electrons. The van der Waals surface area contributed by atoms with Gasteiger partial charge in [-0.3, -0.25) is 0 Å². The number of halogens is 1. The van der Waals surface area contributed by atoms with E-state index in [2.05, 4.69) is 10.4 Å². The molecule has 2 aromatic rings. The summed E-state index contributed by atoms with van der Waals surface area (Å²) in [6, 6.07) is 0. The van der Waals surface area contributed by atoms with Gasteiger partial charge in [0.15, 0.2) is 10.9 Å². The Bertz CT molecular complexity index is 843. The Morgan fingerprint density at radius 3 is 2.76 bits per heavy atom. The number of carbonyl (C=O) groups excluding carboxylic acids is 1. The van der Waals surface area contributed by atoms with Crippen molar-refractivity contribution in [2.24, 2.45) is 0 Å². The van der Waals surface area contributed by atoms with E-state index in [-0.39, 0.29) is 11.7 Å². The molecule has 0 radical (unpaired) electrons. The van der Waals surface area contributed by atoms with Crippen LogP contribution in [0, 0.1) is 4.77 Å². The third kappa shape index (κ3) is 4.20. The van der Waals surface area contributed by atoms with E-state index in [4.69, 9.17) is 45.6 Å². The number of aromatic nitrogens is 3. The predicted molar refractivity (Wildman–Crippen MR) is 103 cm³/mol. The number of aryl methyl sites for hydroxylation is 1. The van der Waals surface area contributed by atoms with Crippen LogP contribution in [0.15, 0.2) is 5.38 Å². The Kier molecular flexibility index (Phi) is 6.94. The Balaban J connectivity index is 2.19. The number of nitrogens with zero attached hydrogens (tertiary/aromatic N) is 3. The van der Waals surface area contributed by atoms with Crippen molar-refractivity contribution in [1.82, 2.24) is 19.8 Å². The molecule has 0 aromatic carbocycles. The van der Waals surface area contributed by atoms with Gasteiger partial charge >= 0.3 is 5.97 Å². The lowest BCUT2D eigenvalue weighted by Crippen LogP contribution is -2.29. The zero-order valence-corrected chi connectivity index (χ0v) is 17.1. The normalized spacial score (nSPS) is 10.6. The molecule has 7 nitrogen and oxygen atoms in total. The van der Waals surface area contributed by atoms with Crippen LogP contribution in [0.5, 0.6) is 0 Å². The van der Waals surface area contributed by atoms with Crippen molar-refractivity contribution in [1.29, 1.82) is 0 Å². The number of nitrogens with one attached hydrogen (secondary N) is 1.